The molecule has 1 aliphatic rings. The highest BCUT2D eigenvalue weighted by Gasteiger charge is 2.21. The van der Waals surface area contributed by atoms with E-state index in [9.17, 15) is 0 Å². The highest BCUT2D eigenvalue weighted by Crippen LogP contribution is 2.33. The Kier molecular flexibility index (Phi) is 3.11. The summed E-state index contributed by atoms with van der Waals surface area (Å²) in [6.07, 6.45) is 7.46. The van der Waals surface area contributed by atoms with Gasteiger partial charge in [0.05, 0.1) is 17.3 Å². The number of fused-ring (bicyclic) bond motifs is 1. The Morgan fingerprint density at radius 3 is 2.61 bits per heavy atom. The second-order valence-corrected chi connectivity index (χ2v) is 5.39. The van der Waals surface area contributed by atoms with Crippen LogP contribution < -0.4 is 0 Å². The van der Waals surface area contributed by atoms with Crippen molar-refractivity contribution < 1.29 is 0 Å². The van der Waals surface area contributed by atoms with Crippen LogP contribution in [-0.4, -0.2) is 9.78 Å². The molecule has 1 aromatic carbocycles. The maximum absolute atomic E-state index is 4.88. The maximum atomic E-state index is 4.88. The minimum atomic E-state index is 0.639. The Hall–Kier alpha value is -1.31. The van der Waals surface area contributed by atoms with E-state index in [-0.39, 0.29) is 0 Å². The zero-order valence-corrected chi connectivity index (χ0v) is 11.4. The van der Waals surface area contributed by atoms with E-state index >= 15 is 0 Å². The first-order valence-electron chi connectivity index (χ1n) is 7.33. The molecule has 0 saturated heterocycles. The topological polar surface area (TPSA) is 17.8 Å². The van der Waals surface area contributed by atoms with Gasteiger partial charge in [-0.15, -0.1) is 0 Å². The van der Waals surface area contributed by atoms with Crippen LogP contribution >= 0.6 is 0 Å². The molecule has 1 heterocycles. The number of aromatic nitrogens is 2. The molecule has 2 heteroatoms. The summed E-state index contributed by atoms with van der Waals surface area (Å²) in [5, 5.41) is 6.24. The molecule has 2 nitrogen and oxygen atoms in total. The monoisotopic (exact) mass is 242 g/mol. The van der Waals surface area contributed by atoms with Gasteiger partial charge in [0, 0.05) is 5.39 Å². The predicted molar refractivity (Wildman–Crippen MR) is 76.0 cm³/mol. The van der Waals surface area contributed by atoms with E-state index < -0.39 is 0 Å². The van der Waals surface area contributed by atoms with Crippen LogP contribution in [0.2, 0.25) is 0 Å². The normalized spacial score (nSPS) is 16.8. The van der Waals surface area contributed by atoms with E-state index in [1.165, 1.54) is 47.8 Å². The van der Waals surface area contributed by atoms with Crippen molar-refractivity contribution in [2.45, 2.75) is 58.4 Å². The van der Waals surface area contributed by atoms with Crippen molar-refractivity contribution in [3.63, 3.8) is 0 Å². The SMILES string of the molecule is CCc1ccc2c(CC)nn(C3CCCC3)c2c1. The van der Waals surface area contributed by atoms with E-state index in [0.717, 1.165) is 12.8 Å². The molecule has 3 rings (SSSR count). The number of rotatable bonds is 3. The number of aryl methyl sites for hydroxylation is 2. The third-order valence-corrected chi connectivity index (χ3v) is 4.26. The molecule has 0 unspecified atom stereocenters. The first kappa shape index (κ1) is 11.8. The first-order valence-corrected chi connectivity index (χ1v) is 7.33. The number of nitrogens with zero attached hydrogens (tertiary/aromatic N) is 2. The lowest BCUT2D eigenvalue weighted by atomic mass is 10.1. The maximum Gasteiger partial charge on any atom is 0.0700 e. The van der Waals surface area contributed by atoms with Crippen molar-refractivity contribution in [2.75, 3.05) is 0 Å². The van der Waals surface area contributed by atoms with Crippen LogP contribution in [0.15, 0.2) is 18.2 Å². The highest BCUT2D eigenvalue weighted by atomic mass is 15.3. The molecule has 96 valence electrons. The Balaban J connectivity index is 2.16. The standard InChI is InChI=1S/C16H22N2/c1-3-12-9-10-14-15(4-2)17-18(16(14)11-12)13-7-5-6-8-13/h9-11,13H,3-8H2,1-2H3. The van der Waals surface area contributed by atoms with Gasteiger partial charge in [0.1, 0.15) is 0 Å². The molecule has 0 atom stereocenters. The summed E-state index contributed by atoms with van der Waals surface area (Å²) < 4.78 is 2.32. The number of hydrogen-bond donors (Lipinski definition) is 0. The van der Waals surface area contributed by atoms with E-state index in [2.05, 4.69) is 36.7 Å². The minimum Gasteiger partial charge on any atom is -0.262 e. The van der Waals surface area contributed by atoms with E-state index in [0.29, 0.717) is 6.04 Å². The first-order chi connectivity index (χ1) is 8.83. The Morgan fingerprint density at radius 1 is 1.17 bits per heavy atom. The van der Waals surface area contributed by atoms with Crippen molar-refractivity contribution in [1.82, 2.24) is 9.78 Å². The van der Waals surface area contributed by atoms with Crippen LogP contribution in [0.25, 0.3) is 10.9 Å². The molecule has 0 amide bonds. The zero-order chi connectivity index (χ0) is 12.5. The lowest BCUT2D eigenvalue weighted by Gasteiger charge is -2.11. The minimum absolute atomic E-state index is 0.639. The van der Waals surface area contributed by atoms with Gasteiger partial charge in [0.15, 0.2) is 0 Å². The summed E-state index contributed by atoms with van der Waals surface area (Å²) in [5.41, 5.74) is 4.04. The molecule has 1 saturated carbocycles. The summed E-state index contributed by atoms with van der Waals surface area (Å²) in [4.78, 5) is 0. The van der Waals surface area contributed by atoms with Gasteiger partial charge in [0.25, 0.3) is 0 Å². The second kappa shape index (κ2) is 4.75. The van der Waals surface area contributed by atoms with Crippen LogP contribution in [0.5, 0.6) is 0 Å². The zero-order valence-electron chi connectivity index (χ0n) is 11.4. The van der Waals surface area contributed by atoms with Crippen molar-refractivity contribution in [3.8, 4) is 0 Å². The van der Waals surface area contributed by atoms with Gasteiger partial charge in [-0.1, -0.05) is 38.8 Å². The Labute approximate surface area is 109 Å². The average molecular weight is 242 g/mol. The van der Waals surface area contributed by atoms with Gasteiger partial charge < -0.3 is 0 Å². The Bertz CT molecular complexity index is 547. The molecule has 0 aliphatic heterocycles. The molecular formula is C16H22N2. The van der Waals surface area contributed by atoms with Crippen LogP contribution in [0.4, 0.5) is 0 Å². The van der Waals surface area contributed by atoms with Crippen LogP contribution in [0.3, 0.4) is 0 Å². The van der Waals surface area contributed by atoms with Crippen LogP contribution in [0.1, 0.15) is 56.8 Å². The van der Waals surface area contributed by atoms with E-state index in [1.54, 1.807) is 0 Å². The van der Waals surface area contributed by atoms with Gasteiger partial charge in [-0.05, 0) is 37.3 Å². The average Bonchev–Trinajstić information content (AvgIpc) is 3.04. The van der Waals surface area contributed by atoms with Crippen molar-refractivity contribution in [1.29, 1.82) is 0 Å². The van der Waals surface area contributed by atoms with Gasteiger partial charge in [-0.2, -0.15) is 5.10 Å². The summed E-state index contributed by atoms with van der Waals surface area (Å²) >= 11 is 0. The van der Waals surface area contributed by atoms with Gasteiger partial charge in [-0.3, -0.25) is 4.68 Å². The largest absolute Gasteiger partial charge is 0.262 e. The fourth-order valence-electron chi connectivity index (χ4n) is 3.16. The lowest BCUT2D eigenvalue weighted by molar-refractivity contribution is 0.477. The molecule has 2 aromatic rings. The van der Waals surface area contributed by atoms with E-state index in [4.69, 9.17) is 5.10 Å². The molecule has 0 spiro atoms. The summed E-state index contributed by atoms with van der Waals surface area (Å²) in [5.74, 6) is 0. The third-order valence-electron chi connectivity index (χ3n) is 4.26. The molecule has 1 aromatic heterocycles. The summed E-state index contributed by atoms with van der Waals surface area (Å²) in [6, 6.07) is 7.51. The van der Waals surface area contributed by atoms with E-state index in [1.807, 2.05) is 0 Å². The predicted octanol–water partition coefficient (Wildman–Crippen LogP) is 4.28. The number of hydrogen-bond acceptors (Lipinski definition) is 1. The van der Waals surface area contributed by atoms with Crippen LogP contribution in [0, 0.1) is 0 Å². The van der Waals surface area contributed by atoms with Crippen molar-refractivity contribution in [3.05, 3.63) is 29.5 Å². The molecule has 1 aliphatic carbocycles. The van der Waals surface area contributed by atoms with Gasteiger partial charge in [0.2, 0.25) is 0 Å². The number of benzene rings is 1. The molecule has 18 heavy (non-hydrogen) atoms. The quantitative estimate of drug-likeness (QED) is 0.785. The van der Waals surface area contributed by atoms with Crippen molar-refractivity contribution in [2.24, 2.45) is 0 Å². The smallest absolute Gasteiger partial charge is 0.0700 e. The molecule has 0 radical (unpaired) electrons. The van der Waals surface area contributed by atoms with Crippen molar-refractivity contribution >= 4 is 10.9 Å². The summed E-state index contributed by atoms with van der Waals surface area (Å²) in [7, 11) is 0. The molecule has 1 fully saturated rings. The molecule has 0 N–H and O–H groups in total. The Morgan fingerprint density at radius 2 is 1.94 bits per heavy atom. The lowest BCUT2D eigenvalue weighted by Crippen LogP contribution is -2.06. The highest BCUT2D eigenvalue weighted by molar-refractivity contribution is 5.82. The van der Waals surface area contributed by atoms with Gasteiger partial charge in [-0.25, -0.2) is 0 Å². The van der Waals surface area contributed by atoms with Gasteiger partial charge >= 0.3 is 0 Å². The third kappa shape index (κ3) is 1.84. The molecular weight excluding hydrogens is 220 g/mol. The molecule has 0 bridgehead atoms. The fraction of sp³-hybridized carbons (Fsp3) is 0.562. The summed E-state index contributed by atoms with van der Waals surface area (Å²) in [6.45, 7) is 4.42. The van der Waals surface area contributed by atoms with Crippen LogP contribution in [-0.2, 0) is 12.8 Å². The second-order valence-electron chi connectivity index (χ2n) is 5.39. The fourth-order valence-corrected chi connectivity index (χ4v) is 3.16.